The van der Waals surface area contributed by atoms with Crippen LogP contribution in [0.5, 0.6) is 0 Å². The summed E-state index contributed by atoms with van der Waals surface area (Å²) in [4.78, 5) is 16.2. The Labute approximate surface area is 148 Å². The van der Waals surface area contributed by atoms with Crippen molar-refractivity contribution in [1.82, 2.24) is 10.3 Å². The van der Waals surface area contributed by atoms with Gasteiger partial charge in [-0.2, -0.15) is 0 Å². The second kappa shape index (κ2) is 7.70. The van der Waals surface area contributed by atoms with Gasteiger partial charge in [0.2, 0.25) is 5.89 Å². The molecule has 0 spiro atoms. The summed E-state index contributed by atoms with van der Waals surface area (Å²) in [6.45, 7) is 9.80. The van der Waals surface area contributed by atoms with Crippen LogP contribution in [0, 0.1) is 5.92 Å². The lowest BCUT2D eigenvalue weighted by Crippen LogP contribution is -2.45. The number of hydrogen-bond donors (Lipinski definition) is 3. The van der Waals surface area contributed by atoms with E-state index in [1.165, 1.54) is 0 Å². The zero-order chi connectivity index (χ0) is 18.6. The molecule has 1 heterocycles. The zero-order valence-corrected chi connectivity index (χ0v) is 15.5. The van der Waals surface area contributed by atoms with Crippen LogP contribution in [0.4, 0.5) is 10.5 Å². The van der Waals surface area contributed by atoms with Crippen LogP contribution >= 0.6 is 0 Å². The third-order valence-electron chi connectivity index (χ3n) is 4.33. The predicted octanol–water partition coefficient (Wildman–Crippen LogP) is 3.99. The summed E-state index contributed by atoms with van der Waals surface area (Å²) in [6, 6.07) is 6.90. The number of benzene rings is 1. The lowest BCUT2D eigenvalue weighted by atomic mass is 9.93. The number of rotatable bonds is 6. The SMILES string of the molecule is CC(C)c1cnc(-c2ccc(NC(=O)NCC(C)(O)C(C)C)cc2)o1. The quantitative estimate of drug-likeness (QED) is 0.738. The summed E-state index contributed by atoms with van der Waals surface area (Å²) < 4.78 is 5.71. The highest BCUT2D eigenvalue weighted by molar-refractivity contribution is 5.89. The van der Waals surface area contributed by atoms with E-state index >= 15 is 0 Å². The average Bonchev–Trinajstić information content (AvgIpc) is 3.04. The lowest BCUT2D eigenvalue weighted by molar-refractivity contribution is 0.0170. The van der Waals surface area contributed by atoms with Crippen LogP contribution in [-0.2, 0) is 0 Å². The molecule has 0 aliphatic heterocycles. The molecule has 0 saturated heterocycles. The first-order chi connectivity index (χ1) is 11.7. The maximum atomic E-state index is 12.0. The van der Waals surface area contributed by atoms with E-state index in [0.29, 0.717) is 11.6 Å². The molecule has 0 fully saturated rings. The lowest BCUT2D eigenvalue weighted by Gasteiger charge is -2.27. The highest BCUT2D eigenvalue weighted by Crippen LogP contribution is 2.24. The van der Waals surface area contributed by atoms with Gasteiger partial charge in [0.25, 0.3) is 0 Å². The molecule has 0 bridgehead atoms. The van der Waals surface area contributed by atoms with Crippen LogP contribution in [0.2, 0.25) is 0 Å². The van der Waals surface area contributed by atoms with E-state index in [1.807, 2.05) is 39.8 Å². The Balaban J connectivity index is 1.94. The van der Waals surface area contributed by atoms with Crippen LogP contribution < -0.4 is 10.6 Å². The molecule has 0 saturated carbocycles. The van der Waals surface area contributed by atoms with Crippen molar-refractivity contribution in [3.05, 3.63) is 36.2 Å². The topological polar surface area (TPSA) is 87.4 Å². The normalized spacial score (nSPS) is 13.8. The van der Waals surface area contributed by atoms with Crippen molar-refractivity contribution in [3.8, 4) is 11.5 Å². The Bertz CT molecular complexity index is 703. The third-order valence-corrected chi connectivity index (χ3v) is 4.33. The maximum absolute atomic E-state index is 12.0. The fraction of sp³-hybridized carbons (Fsp3) is 0.474. The molecule has 1 atom stereocenters. The van der Waals surface area contributed by atoms with Crippen molar-refractivity contribution in [1.29, 1.82) is 0 Å². The standard InChI is InChI=1S/C19H27N3O3/c1-12(2)16-10-20-17(25-16)14-6-8-15(9-7-14)22-18(23)21-11-19(5,24)13(3)4/h6-10,12-13,24H,11H2,1-5H3,(H2,21,22,23). The minimum absolute atomic E-state index is 0.0450. The van der Waals surface area contributed by atoms with E-state index in [0.717, 1.165) is 11.3 Å². The Morgan fingerprint density at radius 1 is 1.24 bits per heavy atom. The number of amides is 2. The van der Waals surface area contributed by atoms with Gasteiger partial charge in [0.05, 0.1) is 11.8 Å². The van der Waals surface area contributed by atoms with Crippen LogP contribution in [0.15, 0.2) is 34.9 Å². The number of hydrogen-bond acceptors (Lipinski definition) is 4. The van der Waals surface area contributed by atoms with Gasteiger partial charge in [0.1, 0.15) is 5.76 Å². The Morgan fingerprint density at radius 3 is 2.40 bits per heavy atom. The van der Waals surface area contributed by atoms with E-state index in [4.69, 9.17) is 4.42 Å². The number of nitrogens with one attached hydrogen (secondary N) is 2. The fourth-order valence-electron chi connectivity index (χ4n) is 2.02. The van der Waals surface area contributed by atoms with E-state index in [1.54, 1.807) is 25.3 Å². The van der Waals surface area contributed by atoms with Gasteiger partial charge in [0, 0.05) is 23.7 Å². The van der Waals surface area contributed by atoms with Crippen molar-refractivity contribution < 1.29 is 14.3 Å². The minimum atomic E-state index is -0.944. The van der Waals surface area contributed by atoms with Crippen molar-refractivity contribution in [3.63, 3.8) is 0 Å². The first-order valence-electron chi connectivity index (χ1n) is 8.52. The predicted molar refractivity (Wildman–Crippen MR) is 98.5 cm³/mol. The summed E-state index contributed by atoms with van der Waals surface area (Å²) >= 11 is 0. The van der Waals surface area contributed by atoms with Gasteiger partial charge < -0.3 is 20.2 Å². The monoisotopic (exact) mass is 345 g/mol. The third kappa shape index (κ3) is 5.06. The molecule has 6 heteroatoms. The summed E-state index contributed by atoms with van der Waals surface area (Å²) in [5.41, 5.74) is 0.557. The molecule has 0 radical (unpaired) electrons. The number of carbonyl (C=O) groups excluding carboxylic acids is 1. The first-order valence-corrected chi connectivity index (χ1v) is 8.52. The maximum Gasteiger partial charge on any atom is 0.319 e. The highest BCUT2D eigenvalue weighted by Gasteiger charge is 2.25. The first kappa shape index (κ1) is 19.0. The van der Waals surface area contributed by atoms with Gasteiger partial charge in [-0.3, -0.25) is 0 Å². The molecule has 1 aromatic heterocycles. The Morgan fingerprint density at radius 2 is 1.88 bits per heavy atom. The van der Waals surface area contributed by atoms with Gasteiger partial charge in [-0.1, -0.05) is 27.7 Å². The van der Waals surface area contributed by atoms with E-state index in [9.17, 15) is 9.90 Å². The molecule has 1 unspecified atom stereocenters. The molecule has 6 nitrogen and oxygen atoms in total. The molecular weight excluding hydrogens is 318 g/mol. The van der Waals surface area contributed by atoms with Crippen molar-refractivity contribution >= 4 is 11.7 Å². The van der Waals surface area contributed by atoms with Crippen LogP contribution in [0.25, 0.3) is 11.5 Å². The van der Waals surface area contributed by atoms with Crippen LogP contribution in [-0.4, -0.2) is 28.3 Å². The number of carbonyl (C=O) groups is 1. The summed E-state index contributed by atoms with van der Waals surface area (Å²) in [7, 11) is 0. The van der Waals surface area contributed by atoms with Gasteiger partial charge in [0.15, 0.2) is 0 Å². The van der Waals surface area contributed by atoms with Gasteiger partial charge in [-0.15, -0.1) is 0 Å². The van der Waals surface area contributed by atoms with E-state index < -0.39 is 5.60 Å². The van der Waals surface area contributed by atoms with Crippen LogP contribution in [0.3, 0.4) is 0 Å². The Hall–Kier alpha value is -2.34. The number of urea groups is 1. The molecular formula is C19H27N3O3. The molecule has 2 aromatic rings. The largest absolute Gasteiger partial charge is 0.441 e. The molecule has 2 amide bonds. The van der Waals surface area contributed by atoms with E-state index in [2.05, 4.69) is 15.6 Å². The Kier molecular flexibility index (Phi) is 5.85. The average molecular weight is 345 g/mol. The molecule has 3 N–H and O–H groups in total. The van der Waals surface area contributed by atoms with Crippen LogP contribution in [0.1, 0.15) is 46.3 Å². The molecule has 2 rings (SSSR count). The second-order valence-electron chi connectivity index (χ2n) is 7.12. The summed E-state index contributed by atoms with van der Waals surface area (Å²) in [5, 5.41) is 15.6. The van der Waals surface area contributed by atoms with Crippen molar-refractivity contribution in [2.45, 2.75) is 46.1 Å². The van der Waals surface area contributed by atoms with Crippen molar-refractivity contribution in [2.75, 3.05) is 11.9 Å². The summed E-state index contributed by atoms with van der Waals surface area (Å²) in [6.07, 6.45) is 1.74. The van der Waals surface area contributed by atoms with Crippen molar-refractivity contribution in [2.24, 2.45) is 5.92 Å². The number of nitrogens with zero attached hydrogens (tertiary/aromatic N) is 1. The van der Waals surface area contributed by atoms with Gasteiger partial charge in [-0.25, -0.2) is 9.78 Å². The smallest absolute Gasteiger partial charge is 0.319 e. The minimum Gasteiger partial charge on any atom is -0.441 e. The highest BCUT2D eigenvalue weighted by atomic mass is 16.4. The number of aliphatic hydroxyl groups is 1. The number of oxazole rings is 1. The second-order valence-corrected chi connectivity index (χ2v) is 7.12. The molecule has 0 aliphatic carbocycles. The molecule has 25 heavy (non-hydrogen) atoms. The molecule has 0 aliphatic rings. The molecule has 1 aromatic carbocycles. The number of aromatic nitrogens is 1. The molecule has 136 valence electrons. The van der Waals surface area contributed by atoms with Gasteiger partial charge in [-0.05, 0) is 37.1 Å². The van der Waals surface area contributed by atoms with E-state index in [-0.39, 0.29) is 24.4 Å². The van der Waals surface area contributed by atoms with Gasteiger partial charge >= 0.3 is 6.03 Å². The fourth-order valence-corrected chi connectivity index (χ4v) is 2.02. The number of anilines is 1. The summed E-state index contributed by atoms with van der Waals surface area (Å²) in [5.74, 6) is 1.74. The zero-order valence-electron chi connectivity index (χ0n) is 15.5.